The molecule has 0 unspecified atom stereocenters. The summed E-state index contributed by atoms with van der Waals surface area (Å²) in [5.74, 6) is -0.750. The summed E-state index contributed by atoms with van der Waals surface area (Å²) in [5, 5.41) is 4.16. The third-order valence-electron chi connectivity index (χ3n) is 4.23. The van der Waals surface area contributed by atoms with Crippen molar-refractivity contribution in [3.63, 3.8) is 0 Å². The smallest absolute Gasteiger partial charge is 0.146 e. The summed E-state index contributed by atoms with van der Waals surface area (Å²) in [5.41, 5.74) is 1.57. The van der Waals surface area contributed by atoms with Gasteiger partial charge in [0.05, 0.1) is 5.69 Å². The van der Waals surface area contributed by atoms with E-state index in [0.717, 1.165) is 32.1 Å². The Morgan fingerprint density at radius 3 is 2.55 bits per heavy atom. The van der Waals surface area contributed by atoms with Crippen LogP contribution in [0, 0.1) is 11.6 Å². The lowest BCUT2D eigenvalue weighted by Crippen LogP contribution is -2.47. The Balaban J connectivity index is 1.54. The van der Waals surface area contributed by atoms with Gasteiger partial charge in [-0.05, 0) is 18.2 Å². The maximum atomic E-state index is 13.8. The molecule has 0 spiro atoms. The summed E-state index contributed by atoms with van der Waals surface area (Å²) >= 11 is 0. The molecular weight excluding hydrogens is 286 g/mol. The molecule has 0 N–H and O–H groups in total. The first-order valence-corrected chi connectivity index (χ1v) is 7.53. The van der Waals surface area contributed by atoms with Crippen molar-refractivity contribution in [2.45, 2.75) is 6.42 Å². The van der Waals surface area contributed by atoms with Gasteiger partial charge in [0.1, 0.15) is 11.6 Å². The molecule has 0 saturated carbocycles. The van der Waals surface area contributed by atoms with Crippen LogP contribution in [0.25, 0.3) is 0 Å². The molecule has 22 heavy (non-hydrogen) atoms. The van der Waals surface area contributed by atoms with Gasteiger partial charge in [-0.1, -0.05) is 0 Å². The number of aromatic nitrogens is 2. The zero-order valence-electron chi connectivity index (χ0n) is 12.7. The maximum Gasteiger partial charge on any atom is 0.146 e. The molecule has 0 aliphatic carbocycles. The zero-order chi connectivity index (χ0) is 15.5. The summed E-state index contributed by atoms with van der Waals surface area (Å²) < 4.78 is 29.0. The van der Waals surface area contributed by atoms with E-state index >= 15 is 0 Å². The number of hydrogen-bond acceptors (Lipinski definition) is 3. The quantitative estimate of drug-likeness (QED) is 0.864. The van der Waals surface area contributed by atoms with Crippen molar-refractivity contribution in [1.29, 1.82) is 0 Å². The van der Waals surface area contributed by atoms with E-state index < -0.39 is 5.82 Å². The Morgan fingerprint density at radius 1 is 1.09 bits per heavy atom. The summed E-state index contributed by atoms with van der Waals surface area (Å²) in [4.78, 5) is 4.26. The number of benzene rings is 1. The van der Waals surface area contributed by atoms with Crippen LogP contribution in [-0.4, -0.2) is 47.4 Å². The van der Waals surface area contributed by atoms with Crippen molar-refractivity contribution in [2.24, 2.45) is 7.05 Å². The van der Waals surface area contributed by atoms with Crippen LogP contribution in [0.3, 0.4) is 0 Å². The molecule has 1 aliphatic heterocycles. The third-order valence-corrected chi connectivity index (χ3v) is 4.23. The van der Waals surface area contributed by atoms with Gasteiger partial charge in [-0.15, -0.1) is 0 Å². The number of anilines is 1. The second-order valence-corrected chi connectivity index (χ2v) is 5.62. The van der Waals surface area contributed by atoms with Crippen molar-refractivity contribution < 1.29 is 8.78 Å². The Labute approximate surface area is 128 Å². The summed E-state index contributed by atoms with van der Waals surface area (Å²) in [6.07, 6.45) is 2.75. The first kappa shape index (κ1) is 15.0. The van der Waals surface area contributed by atoms with Gasteiger partial charge in [0.2, 0.25) is 0 Å². The Kier molecular flexibility index (Phi) is 4.38. The highest BCUT2D eigenvalue weighted by molar-refractivity contribution is 5.48. The first-order chi connectivity index (χ1) is 10.6. The normalized spacial score (nSPS) is 16.2. The number of nitrogens with zero attached hydrogens (tertiary/aromatic N) is 4. The van der Waals surface area contributed by atoms with Gasteiger partial charge in [0.15, 0.2) is 0 Å². The molecule has 1 saturated heterocycles. The number of hydrogen-bond donors (Lipinski definition) is 0. The number of aryl methyl sites for hydroxylation is 1. The van der Waals surface area contributed by atoms with Crippen molar-refractivity contribution in [1.82, 2.24) is 14.7 Å². The fraction of sp³-hybridized carbons (Fsp3) is 0.438. The maximum absolute atomic E-state index is 13.8. The highest BCUT2D eigenvalue weighted by Gasteiger charge is 2.20. The van der Waals surface area contributed by atoms with Gasteiger partial charge in [0, 0.05) is 64.1 Å². The van der Waals surface area contributed by atoms with Gasteiger partial charge >= 0.3 is 0 Å². The highest BCUT2D eigenvalue weighted by Crippen LogP contribution is 2.21. The Bertz CT molecular complexity index is 633. The van der Waals surface area contributed by atoms with E-state index in [0.29, 0.717) is 18.8 Å². The second kappa shape index (κ2) is 6.44. The lowest BCUT2D eigenvalue weighted by molar-refractivity contribution is 0.258. The SMILES string of the molecule is Cn1nccc1CCN1CCN(c2cc(F)ccc2F)CC1. The molecule has 0 atom stereocenters. The molecule has 2 heterocycles. The van der Waals surface area contributed by atoms with Crippen molar-refractivity contribution in [2.75, 3.05) is 37.6 Å². The van der Waals surface area contributed by atoms with Gasteiger partial charge in [-0.2, -0.15) is 5.10 Å². The van der Waals surface area contributed by atoms with Crippen molar-refractivity contribution in [3.05, 3.63) is 47.8 Å². The van der Waals surface area contributed by atoms with Gasteiger partial charge < -0.3 is 4.90 Å². The van der Waals surface area contributed by atoms with E-state index in [4.69, 9.17) is 0 Å². The summed E-state index contributed by atoms with van der Waals surface area (Å²) in [6.45, 7) is 4.10. The molecule has 2 aromatic rings. The average molecular weight is 306 g/mol. The molecule has 1 aromatic carbocycles. The third kappa shape index (κ3) is 3.27. The lowest BCUT2D eigenvalue weighted by Gasteiger charge is -2.36. The van der Waals surface area contributed by atoms with Crippen LogP contribution in [0.5, 0.6) is 0 Å². The molecule has 1 aliphatic rings. The Hall–Kier alpha value is -1.95. The predicted octanol–water partition coefficient (Wildman–Crippen LogP) is 2.06. The molecule has 0 bridgehead atoms. The number of piperazine rings is 1. The molecule has 118 valence electrons. The zero-order valence-corrected chi connectivity index (χ0v) is 12.7. The van der Waals surface area contributed by atoms with E-state index in [1.165, 1.54) is 17.8 Å². The van der Waals surface area contributed by atoms with Crippen molar-refractivity contribution >= 4 is 5.69 Å². The van der Waals surface area contributed by atoms with E-state index in [9.17, 15) is 8.78 Å². The van der Waals surface area contributed by atoms with E-state index in [1.54, 1.807) is 6.20 Å². The molecule has 0 amide bonds. The largest absolute Gasteiger partial charge is 0.367 e. The minimum absolute atomic E-state index is 0.357. The molecular formula is C16H20F2N4. The van der Waals surface area contributed by atoms with Crippen LogP contribution >= 0.6 is 0 Å². The van der Waals surface area contributed by atoms with E-state index in [1.807, 2.05) is 22.7 Å². The van der Waals surface area contributed by atoms with Crippen LogP contribution in [0.2, 0.25) is 0 Å². The minimum Gasteiger partial charge on any atom is -0.367 e. The fourth-order valence-corrected chi connectivity index (χ4v) is 2.86. The molecule has 4 nitrogen and oxygen atoms in total. The average Bonchev–Trinajstić information content (AvgIpc) is 2.93. The van der Waals surface area contributed by atoms with Crippen LogP contribution in [0.15, 0.2) is 30.5 Å². The molecule has 1 fully saturated rings. The van der Waals surface area contributed by atoms with E-state index in [2.05, 4.69) is 10.00 Å². The van der Waals surface area contributed by atoms with E-state index in [-0.39, 0.29) is 5.82 Å². The number of rotatable bonds is 4. The highest BCUT2D eigenvalue weighted by atomic mass is 19.1. The minimum atomic E-state index is -0.393. The van der Waals surface area contributed by atoms with Crippen LogP contribution < -0.4 is 4.90 Å². The predicted molar refractivity (Wildman–Crippen MR) is 81.9 cm³/mol. The van der Waals surface area contributed by atoms with Crippen LogP contribution in [0.1, 0.15) is 5.69 Å². The van der Waals surface area contributed by atoms with Crippen LogP contribution in [-0.2, 0) is 13.5 Å². The van der Waals surface area contributed by atoms with Crippen molar-refractivity contribution in [3.8, 4) is 0 Å². The molecule has 0 radical (unpaired) electrons. The summed E-state index contributed by atoms with van der Waals surface area (Å²) in [6, 6.07) is 5.65. The fourth-order valence-electron chi connectivity index (χ4n) is 2.86. The first-order valence-electron chi connectivity index (χ1n) is 7.53. The second-order valence-electron chi connectivity index (χ2n) is 5.62. The standard InChI is InChI=1S/C16H20F2N4/c1-20-14(4-6-19-20)5-7-21-8-10-22(11-9-21)16-12-13(17)2-3-15(16)18/h2-4,6,12H,5,7-11H2,1H3. The Morgan fingerprint density at radius 2 is 1.86 bits per heavy atom. The molecule has 6 heteroatoms. The summed E-state index contributed by atoms with van der Waals surface area (Å²) in [7, 11) is 1.94. The number of halogens is 2. The van der Waals surface area contributed by atoms with Crippen LogP contribution in [0.4, 0.5) is 14.5 Å². The van der Waals surface area contributed by atoms with Gasteiger partial charge in [-0.25, -0.2) is 8.78 Å². The lowest BCUT2D eigenvalue weighted by atomic mass is 10.2. The van der Waals surface area contributed by atoms with Gasteiger partial charge in [-0.3, -0.25) is 9.58 Å². The monoisotopic (exact) mass is 306 g/mol. The molecule has 1 aromatic heterocycles. The molecule has 3 rings (SSSR count). The van der Waals surface area contributed by atoms with Gasteiger partial charge in [0.25, 0.3) is 0 Å². The topological polar surface area (TPSA) is 24.3 Å².